The number of carbonyl (C=O) groups is 1. The van der Waals surface area contributed by atoms with Crippen molar-refractivity contribution in [2.75, 3.05) is 13.1 Å². The zero-order valence-corrected chi connectivity index (χ0v) is 10.1. The molecule has 1 aromatic carbocycles. The van der Waals surface area contributed by atoms with E-state index in [1.807, 2.05) is 31.2 Å². The average Bonchev–Trinajstić information content (AvgIpc) is 2.59. The molecule has 1 N–H and O–H groups in total. The summed E-state index contributed by atoms with van der Waals surface area (Å²) < 4.78 is 0. The van der Waals surface area contributed by atoms with E-state index in [4.69, 9.17) is 0 Å². The maximum Gasteiger partial charge on any atom is 0.254 e. The third kappa shape index (κ3) is 1.75. The number of carbonyl (C=O) groups excluding carboxylic acids is 1. The molecule has 3 heteroatoms. The lowest BCUT2D eigenvalue weighted by molar-refractivity contribution is 0.0619. The lowest BCUT2D eigenvalue weighted by Gasteiger charge is -2.35. The fraction of sp³-hybridized carbons (Fsp3) is 0.500. The molecule has 2 bridgehead atoms. The van der Waals surface area contributed by atoms with Crippen LogP contribution in [-0.2, 0) is 0 Å². The third-order valence-corrected chi connectivity index (χ3v) is 3.99. The molecule has 0 aliphatic carbocycles. The minimum Gasteiger partial charge on any atom is -0.330 e. The molecule has 0 saturated carbocycles. The predicted molar refractivity (Wildman–Crippen MR) is 67.0 cm³/mol. The van der Waals surface area contributed by atoms with E-state index in [1.54, 1.807) is 0 Å². The van der Waals surface area contributed by atoms with Gasteiger partial charge in [-0.15, -0.1) is 0 Å². The van der Waals surface area contributed by atoms with E-state index in [9.17, 15) is 4.79 Å². The van der Waals surface area contributed by atoms with Gasteiger partial charge in [0.05, 0.1) is 0 Å². The number of amides is 1. The molecule has 1 aromatic rings. The maximum atomic E-state index is 12.6. The molecule has 2 fully saturated rings. The molecule has 0 aromatic heterocycles. The van der Waals surface area contributed by atoms with Crippen LogP contribution in [0.25, 0.3) is 0 Å². The molecule has 2 unspecified atom stereocenters. The highest BCUT2D eigenvalue weighted by Crippen LogP contribution is 2.28. The van der Waals surface area contributed by atoms with Gasteiger partial charge in [-0.1, -0.05) is 18.2 Å². The summed E-state index contributed by atoms with van der Waals surface area (Å²) in [5, 5.41) is 3.40. The fourth-order valence-electron chi connectivity index (χ4n) is 3.06. The fourth-order valence-corrected chi connectivity index (χ4v) is 3.06. The van der Waals surface area contributed by atoms with Crippen LogP contribution in [0.15, 0.2) is 24.3 Å². The Kier molecular flexibility index (Phi) is 2.63. The van der Waals surface area contributed by atoms with Crippen LogP contribution in [0.1, 0.15) is 28.8 Å². The standard InChI is InChI=1S/C14H18N2O/c1-10-4-2-3-5-13(10)14(17)16-11-6-7-12(16)9-15-8-11/h2-5,11-12,15H,6-9H2,1H3. The number of benzene rings is 1. The van der Waals surface area contributed by atoms with Gasteiger partial charge >= 0.3 is 0 Å². The summed E-state index contributed by atoms with van der Waals surface area (Å²) in [5.74, 6) is 0.220. The minimum absolute atomic E-state index is 0.220. The van der Waals surface area contributed by atoms with Gasteiger partial charge in [-0.3, -0.25) is 4.79 Å². The molecule has 3 rings (SSSR count). The number of rotatable bonds is 1. The second-order valence-electron chi connectivity index (χ2n) is 5.07. The van der Waals surface area contributed by atoms with Gasteiger partial charge in [-0.2, -0.15) is 0 Å². The van der Waals surface area contributed by atoms with Crippen LogP contribution < -0.4 is 5.32 Å². The minimum atomic E-state index is 0.220. The van der Waals surface area contributed by atoms with E-state index in [-0.39, 0.29) is 5.91 Å². The molecule has 17 heavy (non-hydrogen) atoms. The Hall–Kier alpha value is -1.35. The van der Waals surface area contributed by atoms with Crippen molar-refractivity contribution in [2.24, 2.45) is 0 Å². The number of nitrogens with one attached hydrogen (secondary N) is 1. The second kappa shape index (κ2) is 4.15. The number of aryl methyl sites for hydroxylation is 1. The average molecular weight is 230 g/mol. The zero-order valence-electron chi connectivity index (χ0n) is 10.1. The Morgan fingerprint density at radius 1 is 1.24 bits per heavy atom. The van der Waals surface area contributed by atoms with Gasteiger partial charge in [0.25, 0.3) is 5.91 Å². The van der Waals surface area contributed by atoms with E-state index >= 15 is 0 Å². The Morgan fingerprint density at radius 3 is 2.53 bits per heavy atom. The third-order valence-electron chi connectivity index (χ3n) is 3.99. The number of nitrogens with zero attached hydrogens (tertiary/aromatic N) is 1. The summed E-state index contributed by atoms with van der Waals surface area (Å²) in [4.78, 5) is 14.7. The summed E-state index contributed by atoms with van der Waals surface area (Å²) in [6, 6.07) is 8.70. The molecule has 2 aliphatic heterocycles. The number of piperazine rings is 1. The van der Waals surface area contributed by atoms with Crippen molar-refractivity contribution < 1.29 is 4.79 Å². The molecule has 2 saturated heterocycles. The first-order valence-corrected chi connectivity index (χ1v) is 6.36. The van der Waals surface area contributed by atoms with Gasteiger partial charge in [0.1, 0.15) is 0 Å². The Labute approximate surface area is 102 Å². The van der Waals surface area contributed by atoms with E-state index < -0.39 is 0 Å². The molecule has 2 heterocycles. The van der Waals surface area contributed by atoms with Crippen LogP contribution in [0, 0.1) is 6.92 Å². The smallest absolute Gasteiger partial charge is 0.254 e. The summed E-state index contributed by atoms with van der Waals surface area (Å²) in [5.41, 5.74) is 1.95. The van der Waals surface area contributed by atoms with Crippen LogP contribution in [0.4, 0.5) is 0 Å². The van der Waals surface area contributed by atoms with Crippen molar-refractivity contribution in [1.29, 1.82) is 0 Å². The van der Waals surface area contributed by atoms with Gasteiger partial charge in [0.2, 0.25) is 0 Å². The lowest BCUT2D eigenvalue weighted by atomic mass is 10.1. The van der Waals surface area contributed by atoms with E-state index in [1.165, 1.54) is 0 Å². The van der Waals surface area contributed by atoms with Crippen molar-refractivity contribution in [3.8, 4) is 0 Å². The van der Waals surface area contributed by atoms with Crippen molar-refractivity contribution in [3.63, 3.8) is 0 Å². The van der Waals surface area contributed by atoms with Crippen LogP contribution in [0.2, 0.25) is 0 Å². The van der Waals surface area contributed by atoms with Crippen LogP contribution in [0.3, 0.4) is 0 Å². The summed E-state index contributed by atoms with van der Waals surface area (Å²) >= 11 is 0. The number of hydrogen-bond acceptors (Lipinski definition) is 2. The number of fused-ring (bicyclic) bond motifs is 2. The summed E-state index contributed by atoms with van der Waals surface area (Å²) in [6.45, 7) is 3.92. The van der Waals surface area contributed by atoms with E-state index in [0.717, 1.165) is 37.1 Å². The van der Waals surface area contributed by atoms with Crippen molar-refractivity contribution in [3.05, 3.63) is 35.4 Å². The van der Waals surface area contributed by atoms with E-state index in [2.05, 4.69) is 10.2 Å². The van der Waals surface area contributed by atoms with E-state index in [0.29, 0.717) is 12.1 Å². The molecule has 90 valence electrons. The van der Waals surface area contributed by atoms with Crippen molar-refractivity contribution in [1.82, 2.24) is 10.2 Å². The molecule has 0 spiro atoms. The van der Waals surface area contributed by atoms with Crippen LogP contribution >= 0.6 is 0 Å². The van der Waals surface area contributed by atoms with Gasteiger partial charge in [0, 0.05) is 30.7 Å². The first-order valence-electron chi connectivity index (χ1n) is 6.36. The van der Waals surface area contributed by atoms with Gasteiger partial charge < -0.3 is 10.2 Å². The molecule has 0 radical (unpaired) electrons. The van der Waals surface area contributed by atoms with Crippen LogP contribution in [-0.4, -0.2) is 36.0 Å². The first kappa shape index (κ1) is 10.8. The van der Waals surface area contributed by atoms with Gasteiger partial charge in [-0.25, -0.2) is 0 Å². The maximum absolute atomic E-state index is 12.6. The largest absolute Gasteiger partial charge is 0.330 e. The summed E-state index contributed by atoms with van der Waals surface area (Å²) in [7, 11) is 0. The SMILES string of the molecule is Cc1ccccc1C(=O)N1C2CCC1CNC2. The Balaban J connectivity index is 1.90. The molecule has 2 aliphatic rings. The molecule has 2 atom stereocenters. The highest BCUT2D eigenvalue weighted by atomic mass is 16.2. The number of hydrogen-bond donors (Lipinski definition) is 1. The highest BCUT2D eigenvalue weighted by Gasteiger charge is 2.39. The van der Waals surface area contributed by atoms with Gasteiger partial charge in [-0.05, 0) is 31.4 Å². The van der Waals surface area contributed by atoms with Crippen molar-refractivity contribution >= 4 is 5.91 Å². The first-order chi connectivity index (χ1) is 8.27. The molecule has 1 amide bonds. The van der Waals surface area contributed by atoms with Crippen molar-refractivity contribution in [2.45, 2.75) is 31.8 Å². The van der Waals surface area contributed by atoms with Gasteiger partial charge in [0.15, 0.2) is 0 Å². The topological polar surface area (TPSA) is 32.3 Å². The highest BCUT2D eigenvalue weighted by molar-refractivity contribution is 5.96. The quantitative estimate of drug-likeness (QED) is 0.794. The predicted octanol–water partition coefficient (Wildman–Crippen LogP) is 1.57. The molecule has 3 nitrogen and oxygen atoms in total. The Bertz CT molecular complexity index is 428. The van der Waals surface area contributed by atoms with Crippen LogP contribution in [0.5, 0.6) is 0 Å². The Morgan fingerprint density at radius 2 is 1.88 bits per heavy atom. The monoisotopic (exact) mass is 230 g/mol. The lowest BCUT2D eigenvalue weighted by Crippen LogP contribution is -2.54. The summed E-state index contributed by atoms with van der Waals surface area (Å²) in [6.07, 6.45) is 2.30. The zero-order chi connectivity index (χ0) is 11.8. The molecular formula is C14H18N2O. The molecular weight excluding hydrogens is 212 g/mol. The normalized spacial score (nSPS) is 27.2. The second-order valence-corrected chi connectivity index (χ2v) is 5.07.